The summed E-state index contributed by atoms with van der Waals surface area (Å²) in [5.74, 6) is -0.204. The number of imidazole rings is 1. The number of nitrogens with zero attached hydrogens (tertiary/aromatic N) is 4. The summed E-state index contributed by atoms with van der Waals surface area (Å²) in [5, 5.41) is 6.08. The summed E-state index contributed by atoms with van der Waals surface area (Å²) in [5.41, 5.74) is 3.34. The average Bonchev–Trinajstić information content (AvgIpc) is 3.25. The summed E-state index contributed by atoms with van der Waals surface area (Å²) < 4.78 is 8.63. The molecule has 1 aromatic carbocycles. The van der Waals surface area contributed by atoms with E-state index in [2.05, 4.69) is 20.6 Å². The molecule has 0 unspecified atom stereocenters. The first-order valence-corrected chi connectivity index (χ1v) is 13.6. The van der Waals surface area contributed by atoms with Crippen molar-refractivity contribution in [1.29, 1.82) is 0 Å². The molecule has 0 spiro atoms. The molecule has 1 aliphatic carbocycles. The van der Waals surface area contributed by atoms with Crippen molar-refractivity contribution < 1.29 is 14.3 Å². The molecule has 40 heavy (non-hydrogen) atoms. The number of ether oxygens (including phenoxy) is 1. The Morgan fingerprint density at radius 3 is 2.45 bits per heavy atom. The second-order valence-corrected chi connectivity index (χ2v) is 10.4. The summed E-state index contributed by atoms with van der Waals surface area (Å²) >= 11 is 6.09. The van der Waals surface area contributed by atoms with E-state index in [0.29, 0.717) is 28.5 Å². The predicted octanol–water partition coefficient (Wildman–Crippen LogP) is 3.73. The molecule has 4 aromatic rings. The minimum atomic E-state index is -0.284. The van der Waals surface area contributed by atoms with Crippen LogP contribution in [0.25, 0.3) is 16.7 Å². The van der Waals surface area contributed by atoms with Gasteiger partial charge in [-0.05, 0) is 61.9 Å². The fourth-order valence-electron chi connectivity index (χ4n) is 5.34. The molecule has 0 radical (unpaired) electrons. The van der Waals surface area contributed by atoms with Crippen molar-refractivity contribution in [3.63, 3.8) is 0 Å². The number of carbonyl (C=O) groups is 2. The van der Waals surface area contributed by atoms with Gasteiger partial charge in [-0.25, -0.2) is 9.78 Å². The van der Waals surface area contributed by atoms with Crippen LogP contribution >= 0.6 is 11.6 Å². The highest BCUT2D eigenvalue weighted by Crippen LogP contribution is 2.28. The average molecular weight is 563 g/mol. The molecule has 11 heteroatoms. The van der Waals surface area contributed by atoms with Crippen LogP contribution in [0.15, 0.2) is 59.7 Å². The van der Waals surface area contributed by atoms with Gasteiger partial charge in [-0.15, -0.1) is 0 Å². The van der Waals surface area contributed by atoms with Crippen molar-refractivity contribution in [3.05, 3.63) is 87.3 Å². The van der Waals surface area contributed by atoms with Gasteiger partial charge in [0.1, 0.15) is 5.69 Å². The molecule has 2 amide bonds. The first-order valence-electron chi connectivity index (χ1n) is 13.2. The van der Waals surface area contributed by atoms with Crippen molar-refractivity contribution in [2.75, 3.05) is 14.2 Å². The van der Waals surface area contributed by atoms with Gasteiger partial charge in [-0.3, -0.25) is 23.7 Å². The number of methoxy groups -OCH3 is 1. The van der Waals surface area contributed by atoms with Crippen LogP contribution in [0.1, 0.15) is 52.2 Å². The van der Waals surface area contributed by atoms with Gasteiger partial charge in [0.2, 0.25) is 0 Å². The highest BCUT2D eigenvalue weighted by Gasteiger charge is 2.26. The lowest BCUT2D eigenvalue weighted by molar-refractivity contribution is 0.0913. The minimum Gasteiger partial charge on any atom is -0.378 e. The molecule has 1 fully saturated rings. The highest BCUT2D eigenvalue weighted by atomic mass is 35.5. The number of amides is 2. The third kappa shape index (κ3) is 5.64. The number of para-hydroxylation sites is 2. The van der Waals surface area contributed by atoms with Crippen LogP contribution in [-0.4, -0.2) is 51.1 Å². The monoisotopic (exact) mass is 562 g/mol. The second kappa shape index (κ2) is 12.0. The van der Waals surface area contributed by atoms with Crippen LogP contribution in [0, 0.1) is 5.92 Å². The van der Waals surface area contributed by atoms with Crippen molar-refractivity contribution in [3.8, 4) is 5.69 Å². The van der Waals surface area contributed by atoms with Crippen molar-refractivity contribution in [1.82, 2.24) is 29.7 Å². The van der Waals surface area contributed by atoms with Crippen molar-refractivity contribution in [2.24, 2.45) is 5.92 Å². The maximum atomic E-state index is 13.7. The summed E-state index contributed by atoms with van der Waals surface area (Å²) in [6.45, 7) is 0.802. The lowest BCUT2D eigenvalue weighted by atomic mass is 9.85. The molecule has 1 saturated carbocycles. The normalized spacial score (nSPS) is 17.1. The topological polar surface area (TPSA) is 120 Å². The molecule has 0 saturated heterocycles. The summed E-state index contributed by atoms with van der Waals surface area (Å²) in [7, 11) is 3.11. The second-order valence-electron chi connectivity index (χ2n) is 9.97. The Morgan fingerprint density at radius 2 is 1.77 bits per heavy atom. The molecule has 10 nitrogen and oxygen atoms in total. The van der Waals surface area contributed by atoms with E-state index in [0.717, 1.165) is 36.7 Å². The molecule has 3 heterocycles. The fraction of sp³-hybridized carbons (Fsp3) is 0.345. The van der Waals surface area contributed by atoms with E-state index in [1.807, 2.05) is 28.8 Å². The quantitative estimate of drug-likeness (QED) is 0.338. The van der Waals surface area contributed by atoms with Crippen LogP contribution in [0.3, 0.4) is 0 Å². The lowest BCUT2D eigenvalue weighted by Gasteiger charge is -2.29. The number of rotatable bonds is 8. The number of hydrogen-bond donors (Lipinski definition) is 2. The number of aromatic nitrogens is 4. The van der Waals surface area contributed by atoms with Crippen LogP contribution in [0.4, 0.5) is 0 Å². The zero-order chi connectivity index (χ0) is 28.2. The Kier molecular flexibility index (Phi) is 8.27. The first kappa shape index (κ1) is 27.5. The molecule has 1 aliphatic rings. The van der Waals surface area contributed by atoms with Crippen LogP contribution in [0.2, 0.25) is 5.02 Å². The van der Waals surface area contributed by atoms with E-state index in [1.54, 1.807) is 43.1 Å². The zero-order valence-electron chi connectivity index (χ0n) is 22.4. The first-order chi connectivity index (χ1) is 19.4. The van der Waals surface area contributed by atoms with Gasteiger partial charge in [0.05, 0.1) is 45.8 Å². The van der Waals surface area contributed by atoms with E-state index in [9.17, 15) is 14.4 Å². The minimum absolute atomic E-state index is 0.0288. The Balaban J connectivity index is 1.29. The van der Waals surface area contributed by atoms with Gasteiger partial charge < -0.3 is 15.4 Å². The summed E-state index contributed by atoms with van der Waals surface area (Å²) in [6.07, 6.45) is 6.41. The third-order valence-electron chi connectivity index (χ3n) is 7.39. The standard InChI is InChI=1S/C29H31ClN6O4/c1-31-28(38)23-12-11-21(15-33-23)36-26-6-4-3-5-25(26)35(29(36)39)16-18-7-9-20(10-8-18)34-27(37)22-13-19(30)14-32-24(22)17-40-2/h3-6,11-15,18,20H,7-10,16-17H2,1-2H3,(H,31,38)(H,34,37)/t18-,20-. The molecule has 0 atom stereocenters. The molecular formula is C29H31ClN6O4. The predicted molar refractivity (Wildman–Crippen MR) is 152 cm³/mol. The Bertz CT molecular complexity index is 1590. The number of fused-ring (bicyclic) bond motifs is 1. The Labute approximate surface area is 236 Å². The maximum absolute atomic E-state index is 13.7. The molecule has 2 N–H and O–H groups in total. The van der Waals surface area contributed by atoms with Crippen molar-refractivity contribution in [2.45, 2.75) is 44.9 Å². The largest absolute Gasteiger partial charge is 0.378 e. The Morgan fingerprint density at radius 1 is 1.02 bits per heavy atom. The number of nitrogens with one attached hydrogen (secondary N) is 2. The van der Waals surface area contributed by atoms with Gasteiger partial charge >= 0.3 is 5.69 Å². The van der Waals surface area contributed by atoms with Gasteiger partial charge in [0, 0.05) is 32.9 Å². The van der Waals surface area contributed by atoms with Gasteiger partial charge in [-0.1, -0.05) is 23.7 Å². The van der Waals surface area contributed by atoms with E-state index >= 15 is 0 Å². The zero-order valence-corrected chi connectivity index (χ0v) is 23.1. The number of pyridine rings is 2. The molecule has 208 valence electrons. The molecule has 5 rings (SSSR count). The number of halogens is 1. The SMILES string of the molecule is CNC(=O)c1ccc(-n2c(=O)n(C[C@H]3CC[C@H](NC(=O)c4cc(Cl)cnc4COC)CC3)c3ccccc32)cn1. The van der Waals surface area contributed by atoms with E-state index in [4.69, 9.17) is 16.3 Å². The molecular weight excluding hydrogens is 532 g/mol. The van der Waals surface area contributed by atoms with Crippen molar-refractivity contribution >= 4 is 34.4 Å². The number of benzene rings is 1. The van der Waals surface area contributed by atoms with Crippen LogP contribution in [-0.2, 0) is 17.9 Å². The fourth-order valence-corrected chi connectivity index (χ4v) is 5.50. The van der Waals surface area contributed by atoms with Crippen LogP contribution in [0.5, 0.6) is 0 Å². The van der Waals surface area contributed by atoms with Gasteiger partial charge in [-0.2, -0.15) is 0 Å². The van der Waals surface area contributed by atoms with E-state index in [1.165, 1.54) is 6.20 Å². The van der Waals surface area contributed by atoms with Gasteiger partial charge in [0.25, 0.3) is 11.8 Å². The third-order valence-corrected chi connectivity index (χ3v) is 7.59. The van der Waals surface area contributed by atoms with Gasteiger partial charge in [0.15, 0.2) is 0 Å². The van der Waals surface area contributed by atoms with E-state index < -0.39 is 0 Å². The molecule has 0 bridgehead atoms. The van der Waals surface area contributed by atoms with Crippen LogP contribution < -0.4 is 16.3 Å². The van der Waals surface area contributed by atoms with E-state index in [-0.39, 0.29) is 41.8 Å². The smallest absolute Gasteiger partial charge is 0.333 e. The lowest BCUT2D eigenvalue weighted by Crippen LogP contribution is -2.39. The number of carbonyl (C=O) groups excluding carboxylic acids is 2. The highest BCUT2D eigenvalue weighted by molar-refractivity contribution is 6.30. The molecule has 3 aromatic heterocycles. The summed E-state index contributed by atoms with van der Waals surface area (Å²) in [6, 6.07) is 12.7. The summed E-state index contributed by atoms with van der Waals surface area (Å²) in [4.78, 5) is 47.0. The maximum Gasteiger partial charge on any atom is 0.333 e. The molecule has 0 aliphatic heterocycles. The number of hydrogen-bond acceptors (Lipinski definition) is 6. The Hall–Kier alpha value is -4.02.